The number of anilines is 1. The Labute approximate surface area is 108 Å². The number of hydrogen-bond donors (Lipinski definition) is 3. The van der Waals surface area contributed by atoms with Crippen LogP contribution in [-0.2, 0) is 16.6 Å². The number of halogens is 2. The van der Waals surface area contributed by atoms with Gasteiger partial charge in [-0.3, -0.25) is 4.72 Å². The van der Waals surface area contributed by atoms with Crippen molar-refractivity contribution in [1.29, 1.82) is 0 Å². The van der Waals surface area contributed by atoms with E-state index in [-0.39, 0.29) is 11.4 Å². The summed E-state index contributed by atoms with van der Waals surface area (Å²) in [6, 6.07) is 3.83. The zero-order chi connectivity index (χ0) is 14.0. The van der Waals surface area contributed by atoms with E-state index in [0.717, 1.165) is 18.2 Å². The van der Waals surface area contributed by atoms with Gasteiger partial charge in [0.1, 0.15) is 16.5 Å². The molecule has 0 aliphatic rings. The summed E-state index contributed by atoms with van der Waals surface area (Å²) in [6.45, 7) is 0.143. The lowest BCUT2D eigenvalue weighted by Crippen LogP contribution is -2.13. The Balaban J connectivity index is 2.33. The molecule has 0 aliphatic heterocycles. The topological polar surface area (TPSA) is 88.0 Å². The van der Waals surface area contributed by atoms with Crippen molar-refractivity contribution in [2.75, 3.05) is 4.72 Å². The molecule has 0 spiro atoms. The first-order valence-corrected chi connectivity index (χ1v) is 6.76. The summed E-state index contributed by atoms with van der Waals surface area (Å²) in [5.74, 6) is -1.60. The second-order valence-corrected chi connectivity index (χ2v) is 5.48. The fourth-order valence-corrected chi connectivity index (χ4v) is 2.55. The molecule has 0 atom stereocenters. The molecule has 1 heterocycles. The highest BCUT2D eigenvalue weighted by atomic mass is 32.2. The van der Waals surface area contributed by atoms with Gasteiger partial charge < -0.3 is 10.7 Å². The molecule has 0 fully saturated rings. The van der Waals surface area contributed by atoms with Crippen LogP contribution in [0.15, 0.2) is 35.4 Å². The van der Waals surface area contributed by atoms with Gasteiger partial charge in [-0.1, -0.05) is 0 Å². The molecule has 8 heteroatoms. The quantitative estimate of drug-likeness (QED) is 0.797. The number of H-pyrrole nitrogens is 1. The van der Waals surface area contributed by atoms with Gasteiger partial charge in [0.25, 0.3) is 10.0 Å². The van der Waals surface area contributed by atoms with Crippen molar-refractivity contribution in [2.24, 2.45) is 5.73 Å². The van der Waals surface area contributed by atoms with Gasteiger partial charge in [0, 0.05) is 24.5 Å². The Morgan fingerprint density at radius 3 is 2.63 bits per heavy atom. The van der Waals surface area contributed by atoms with E-state index < -0.39 is 27.3 Å². The second kappa shape index (κ2) is 4.98. The maximum Gasteiger partial charge on any atom is 0.263 e. The SMILES string of the molecule is NCc1cc(S(=O)(=O)Nc2cc(F)ccc2F)c[nH]1. The molecular weight excluding hydrogens is 276 g/mol. The fraction of sp³-hybridized carbons (Fsp3) is 0.0909. The average molecular weight is 287 g/mol. The number of hydrogen-bond acceptors (Lipinski definition) is 3. The van der Waals surface area contributed by atoms with Crippen molar-refractivity contribution < 1.29 is 17.2 Å². The minimum absolute atomic E-state index is 0.100. The maximum absolute atomic E-state index is 13.4. The standard InChI is InChI=1S/C11H11F2N3O2S/c12-7-1-2-10(13)11(3-7)16-19(17,18)9-4-8(5-14)15-6-9/h1-4,6,15-16H,5,14H2. The third-order valence-corrected chi connectivity index (χ3v) is 3.76. The molecule has 0 aliphatic carbocycles. The lowest BCUT2D eigenvalue weighted by molar-refractivity contribution is 0.594. The van der Waals surface area contributed by atoms with Crippen LogP contribution >= 0.6 is 0 Å². The highest BCUT2D eigenvalue weighted by Crippen LogP contribution is 2.20. The third kappa shape index (κ3) is 2.91. The van der Waals surface area contributed by atoms with Crippen LogP contribution in [-0.4, -0.2) is 13.4 Å². The van der Waals surface area contributed by atoms with E-state index in [1.54, 1.807) is 0 Å². The van der Waals surface area contributed by atoms with Gasteiger partial charge in [-0.05, 0) is 18.2 Å². The number of sulfonamides is 1. The molecule has 1 aromatic carbocycles. The van der Waals surface area contributed by atoms with Crippen LogP contribution < -0.4 is 10.5 Å². The molecule has 2 rings (SSSR count). The van der Waals surface area contributed by atoms with Crippen molar-refractivity contribution in [1.82, 2.24) is 4.98 Å². The van der Waals surface area contributed by atoms with Gasteiger partial charge in [0.05, 0.1) is 5.69 Å². The first-order chi connectivity index (χ1) is 8.92. The Bertz CT molecular complexity index is 698. The van der Waals surface area contributed by atoms with Crippen molar-refractivity contribution in [2.45, 2.75) is 11.4 Å². The van der Waals surface area contributed by atoms with Crippen LogP contribution in [0.5, 0.6) is 0 Å². The van der Waals surface area contributed by atoms with Crippen LogP contribution in [0.1, 0.15) is 5.69 Å². The molecule has 102 valence electrons. The van der Waals surface area contributed by atoms with Crippen LogP contribution in [0.4, 0.5) is 14.5 Å². The smallest absolute Gasteiger partial charge is 0.263 e. The average Bonchev–Trinajstić information content (AvgIpc) is 2.83. The predicted octanol–water partition coefficient (Wildman–Crippen LogP) is 1.55. The first kappa shape index (κ1) is 13.5. The minimum atomic E-state index is -3.99. The van der Waals surface area contributed by atoms with E-state index in [1.165, 1.54) is 12.3 Å². The van der Waals surface area contributed by atoms with Crippen molar-refractivity contribution in [3.8, 4) is 0 Å². The van der Waals surface area contributed by atoms with Crippen LogP contribution in [0.2, 0.25) is 0 Å². The second-order valence-electron chi connectivity index (χ2n) is 3.79. The molecule has 19 heavy (non-hydrogen) atoms. The summed E-state index contributed by atoms with van der Waals surface area (Å²) in [6.07, 6.45) is 1.22. The Kier molecular flexibility index (Phi) is 3.54. The number of aromatic amines is 1. The first-order valence-electron chi connectivity index (χ1n) is 5.27. The summed E-state index contributed by atoms with van der Waals surface area (Å²) in [7, 11) is -3.99. The molecule has 0 amide bonds. The van der Waals surface area contributed by atoms with Crippen molar-refractivity contribution in [3.05, 3.63) is 47.8 Å². The van der Waals surface area contributed by atoms with Gasteiger partial charge in [-0.25, -0.2) is 17.2 Å². The van der Waals surface area contributed by atoms with Crippen LogP contribution in [0, 0.1) is 11.6 Å². The monoisotopic (exact) mass is 287 g/mol. The minimum Gasteiger partial charge on any atom is -0.363 e. The zero-order valence-electron chi connectivity index (χ0n) is 9.65. The molecule has 0 radical (unpaired) electrons. The third-order valence-electron chi connectivity index (χ3n) is 2.42. The summed E-state index contributed by atoms with van der Waals surface area (Å²) in [5, 5.41) is 0. The molecular formula is C11H11F2N3O2S. The summed E-state index contributed by atoms with van der Waals surface area (Å²) in [5.41, 5.74) is 5.41. The van der Waals surface area contributed by atoms with Gasteiger partial charge in [-0.2, -0.15) is 0 Å². The van der Waals surface area contributed by atoms with Gasteiger partial charge in [0.2, 0.25) is 0 Å². The van der Waals surface area contributed by atoms with Crippen molar-refractivity contribution >= 4 is 15.7 Å². The summed E-state index contributed by atoms with van der Waals surface area (Å²) < 4.78 is 52.2. The molecule has 0 saturated heterocycles. The van der Waals surface area contributed by atoms with Crippen LogP contribution in [0.25, 0.3) is 0 Å². The molecule has 4 N–H and O–H groups in total. The molecule has 0 unspecified atom stereocenters. The van der Waals surface area contributed by atoms with E-state index in [1.807, 2.05) is 4.72 Å². The van der Waals surface area contributed by atoms with Crippen molar-refractivity contribution in [3.63, 3.8) is 0 Å². The van der Waals surface area contributed by atoms with E-state index in [4.69, 9.17) is 5.73 Å². The fourth-order valence-electron chi connectivity index (χ4n) is 1.47. The van der Waals surface area contributed by atoms with Gasteiger partial charge in [0.15, 0.2) is 0 Å². The molecule has 1 aromatic heterocycles. The lowest BCUT2D eigenvalue weighted by Gasteiger charge is -2.07. The van der Waals surface area contributed by atoms with Crippen LogP contribution in [0.3, 0.4) is 0 Å². The van der Waals surface area contributed by atoms with Gasteiger partial charge >= 0.3 is 0 Å². The number of aromatic nitrogens is 1. The van der Waals surface area contributed by atoms with E-state index in [2.05, 4.69) is 4.98 Å². The number of rotatable bonds is 4. The Hall–Kier alpha value is -1.93. The molecule has 0 saturated carbocycles. The molecule has 5 nitrogen and oxygen atoms in total. The number of nitrogens with one attached hydrogen (secondary N) is 2. The molecule has 2 aromatic rings. The zero-order valence-corrected chi connectivity index (χ0v) is 10.5. The highest BCUT2D eigenvalue weighted by Gasteiger charge is 2.18. The predicted molar refractivity (Wildman–Crippen MR) is 65.9 cm³/mol. The number of nitrogens with two attached hydrogens (primary N) is 1. The van der Waals surface area contributed by atoms with E-state index in [9.17, 15) is 17.2 Å². The number of benzene rings is 1. The Morgan fingerprint density at radius 2 is 2.00 bits per heavy atom. The summed E-state index contributed by atoms with van der Waals surface area (Å²) in [4.78, 5) is 2.56. The highest BCUT2D eigenvalue weighted by molar-refractivity contribution is 7.92. The lowest BCUT2D eigenvalue weighted by atomic mass is 10.3. The molecule has 0 bridgehead atoms. The van der Waals surface area contributed by atoms with Gasteiger partial charge in [-0.15, -0.1) is 0 Å². The summed E-state index contributed by atoms with van der Waals surface area (Å²) >= 11 is 0. The Morgan fingerprint density at radius 1 is 1.26 bits per heavy atom. The van der Waals surface area contributed by atoms with E-state index in [0.29, 0.717) is 5.69 Å². The maximum atomic E-state index is 13.4. The van der Waals surface area contributed by atoms with E-state index >= 15 is 0 Å². The largest absolute Gasteiger partial charge is 0.363 e. The normalized spacial score (nSPS) is 11.5.